The number of alkyl halides is 3. The van der Waals surface area contributed by atoms with E-state index in [-0.39, 0.29) is 16.5 Å². The van der Waals surface area contributed by atoms with Gasteiger partial charge in [0.1, 0.15) is 0 Å². The summed E-state index contributed by atoms with van der Waals surface area (Å²) in [6.45, 7) is 1.40. The number of rotatable bonds is 1. The number of hydrogen-bond donors (Lipinski definition) is 0. The highest BCUT2D eigenvalue weighted by Crippen LogP contribution is 2.26. The van der Waals surface area contributed by atoms with Crippen molar-refractivity contribution in [3.8, 4) is 5.75 Å². The molecule has 0 spiro atoms. The molecule has 1 aromatic heterocycles. The lowest BCUT2D eigenvalue weighted by atomic mass is 10.3. The SMILES string of the molecule is Cc1ncc(Cl)cc1OC(F)(F)F. The summed E-state index contributed by atoms with van der Waals surface area (Å²) in [5.74, 6) is -0.375. The number of aryl methyl sites for hydroxylation is 1. The summed E-state index contributed by atoms with van der Waals surface area (Å²) in [5, 5.41) is 0.102. The Kier molecular flexibility index (Phi) is 2.66. The van der Waals surface area contributed by atoms with Gasteiger partial charge in [-0.15, -0.1) is 13.2 Å². The summed E-state index contributed by atoms with van der Waals surface area (Å²) in [6, 6.07) is 1.07. The second-order valence-corrected chi connectivity index (χ2v) is 2.72. The van der Waals surface area contributed by atoms with Crippen LogP contribution in [0.5, 0.6) is 5.75 Å². The summed E-state index contributed by atoms with van der Waals surface area (Å²) < 4.78 is 38.9. The maximum absolute atomic E-state index is 11.8. The van der Waals surface area contributed by atoms with Crippen LogP contribution in [0.1, 0.15) is 5.69 Å². The summed E-state index contributed by atoms with van der Waals surface area (Å²) in [5.41, 5.74) is 0.140. The number of nitrogens with zero attached hydrogens (tertiary/aromatic N) is 1. The van der Waals surface area contributed by atoms with Gasteiger partial charge < -0.3 is 4.74 Å². The van der Waals surface area contributed by atoms with Crippen LogP contribution in [-0.4, -0.2) is 11.3 Å². The van der Waals surface area contributed by atoms with Crippen LogP contribution in [0.25, 0.3) is 0 Å². The molecule has 0 radical (unpaired) electrons. The average molecular weight is 212 g/mol. The molecule has 0 amide bonds. The molecule has 0 atom stereocenters. The van der Waals surface area contributed by atoms with Gasteiger partial charge in [0.15, 0.2) is 5.75 Å². The average Bonchev–Trinajstić information content (AvgIpc) is 1.94. The van der Waals surface area contributed by atoms with Crippen molar-refractivity contribution in [3.63, 3.8) is 0 Å². The van der Waals surface area contributed by atoms with Crippen molar-refractivity contribution < 1.29 is 17.9 Å². The molecule has 0 unspecified atom stereocenters. The molecule has 13 heavy (non-hydrogen) atoms. The molecule has 0 aromatic carbocycles. The van der Waals surface area contributed by atoms with Crippen LogP contribution in [0.3, 0.4) is 0 Å². The minimum absolute atomic E-state index is 0.102. The molecule has 1 heterocycles. The lowest BCUT2D eigenvalue weighted by Gasteiger charge is -2.10. The normalized spacial score (nSPS) is 11.5. The van der Waals surface area contributed by atoms with E-state index in [0.29, 0.717) is 0 Å². The predicted molar refractivity (Wildman–Crippen MR) is 40.7 cm³/mol. The minimum Gasteiger partial charge on any atom is -0.404 e. The first-order valence-electron chi connectivity index (χ1n) is 3.26. The molecule has 0 saturated heterocycles. The van der Waals surface area contributed by atoms with Gasteiger partial charge >= 0.3 is 6.36 Å². The summed E-state index contributed by atoms with van der Waals surface area (Å²) in [7, 11) is 0. The van der Waals surface area contributed by atoms with Crippen molar-refractivity contribution in [3.05, 3.63) is 23.0 Å². The standard InChI is InChI=1S/C7H5ClF3NO/c1-4-6(13-7(9,10)11)2-5(8)3-12-4/h2-3H,1H3. The van der Waals surface area contributed by atoms with Crippen LogP contribution in [0.15, 0.2) is 12.3 Å². The fourth-order valence-corrected chi connectivity index (χ4v) is 0.865. The van der Waals surface area contributed by atoms with Gasteiger partial charge in [-0.3, -0.25) is 4.98 Å². The zero-order valence-electron chi connectivity index (χ0n) is 6.52. The van der Waals surface area contributed by atoms with Gasteiger partial charge in [-0.1, -0.05) is 11.6 Å². The van der Waals surface area contributed by atoms with Gasteiger partial charge in [-0.25, -0.2) is 0 Å². The Balaban J connectivity index is 2.94. The van der Waals surface area contributed by atoms with Crippen molar-refractivity contribution in [2.45, 2.75) is 13.3 Å². The first-order valence-corrected chi connectivity index (χ1v) is 3.64. The first kappa shape index (κ1) is 10.1. The Bertz CT molecular complexity index is 313. The molecule has 72 valence electrons. The Morgan fingerprint density at radius 3 is 2.62 bits per heavy atom. The Labute approximate surface area is 77.3 Å². The third kappa shape index (κ3) is 3.10. The van der Waals surface area contributed by atoms with Crippen LogP contribution in [0.2, 0.25) is 5.02 Å². The zero-order valence-corrected chi connectivity index (χ0v) is 7.28. The number of ether oxygens (including phenoxy) is 1. The van der Waals surface area contributed by atoms with E-state index in [1.807, 2.05) is 0 Å². The van der Waals surface area contributed by atoms with E-state index in [1.165, 1.54) is 13.1 Å². The van der Waals surface area contributed by atoms with Crippen molar-refractivity contribution in [2.24, 2.45) is 0 Å². The van der Waals surface area contributed by atoms with Gasteiger partial charge in [0.25, 0.3) is 0 Å². The molecular weight excluding hydrogens is 207 g/mol. The molecule has 1 aromatic rings. The molecule has 0 bridgehead atoms. The highest BCUT2D eigenvalue weighted by molar-refractivity contribution is 6.30. The Morgan fingerprint density at radius 2 is 2.08 bits per heavy atom. The molecule has 0 aliphatic heterocycles. The van der Waals surface area contributed by atoms with Crippen LogP contribution in [0, 0.1) is 6.92 Å². The van der Waals surface area contributed by atoms with Crippen molar-refractivity contribution in [2.75, 3.05) is 0 Å². The molecule has 2 nitrogen and oxygen atoms in total. The fraction of sp³-hybridized carbons (Fsp3) is 0.286. The molecule has 1 rings (SSSR count). The van der Waals surface area contributed by atoms with Crippen LogP contribution >= 0.6 is 11.6 Å². The van der Waals surface area contributed by atoms with Gasteiger partial charge in [-0.2, -0.15) is 0 Å². The molecule has 6 heteroatoms. The van der Waals surface area contributed by atoms with E-state index in [1.54, 1.807) is 0 Å². The third-order valence-corrected chi connectivity index (χ3v) is 1.44. The highest BCUT2D eigenvalue weighted by Gasteiger charge is 2.32. The molecular formula is C7H5ClF3NO. The predicted octanol–water partition coefficient (Wildman–Crippen LogP) is 2.94. The summed E-state index contributed by atoms with van der Waals surface area (Å²) >= 11 is 5.44. The lowest BCUT2D eigenvalue weighted by Crippen LogP contribution is -2.18. The van der Waals surface area contributed by atoms with Gasteiger partial charge in [-0.05, 0) is 6.92 Å². The second kappa shape index (κ2) is 3.41. The Morgan fingerprint density at radius 1 is 1.46 bits per heavy atom. The van der Waals surface area contributed by atoms with E-state index < -0.39 is 6.36 Å². The number of pyridine rings is 1. The topological polar surface area (TPSA) is 22.1 Å². The second-order valence-electron chi connectivity index (χ2n) is 2.28. The van der Waals surface area contributed by atoms with Gasteiger partial charge in [0.05, 0.1) is 10.7 Å². The maximum atomic E-state index is 11.8. The summed E-state index contributed by atoms with van der Waals surface area (Å²) in [6.07, 6.45) is -3.46. The largest absolute Gasteiger partial charge is 0.573 e. The van der Waals surface area contributed by atoms with Crippen LogP contribution in [0.4, 0.5) is 13.2 Å². The zero-order chi connectivity index (χ0) is 10.1. The van der Waals surface area contributed by atoms with E-state index in [0.717, 1.165) is 6.07 Å². The van der Waals surface area contributed by atoms with E-state index in [9.17, 15) is 13.2 Å². The molecule has 0 aliphatic rings. The Hall–Kier alpha value is -0.970. The highest BCUT2D eigenvalue weighted by atomic mass is 35.5. The van der Waals surface area contributed by atoms with Crippen molar-refractivity contribution in [1.29, 1.82) is 0 Å². The van der Waals surface area contributed by atoms with Crippen LogP contribution < -0.4 is 4.74 Å². The lowest BCUT2D eigenvalue weighted by molar-refractivity contribution is -0.275. The van der Waals surface area contributed by atoms with Crippen molar-refractivity contribution in [1.82, 2.24) is 4.98 Å². The van der Waals surface area contributed by atoms with E-state index >= 15 is 0 Å². The number of hydrogen-bond acceptors (Lipinski definition) is 2. The number of aromatic nitrogens is 1. The third-order valence-electron chi connectivity index (χ3n) is 1.23. The van der Waals surface area contributed by atoms with Crippen LogP contribution in [-0.2, 0) is 0 Å². The number of halogens is 4. The van der Waals surface area contributed by atoms with Gasteiger partial charge in [0.2, 0.25) is 0 Å². The minimum atomic E-state index is -4.71. The van der Waals surface area contributed by atoms with Gasteiger partial charge in [0, 0.05) is 12.3 Å². The van der Waals surface area contributed by atoms with E-state index in [4.69, 9.17) is 11.6 Å². The maximum Gasteiger partial charge on any atom is 0.573 e. The van der Waals surface area contributed by atoms with Crippen molar-refractivity contribution >= 4 is 11.6 Å². The van der Waals surface area contributed by atoms with E-state index in [2.05, 4.69) is 9.72 Å². The molecule has 0 N–H and O–H groups in total. The summed E-state index contributed by atoms with van der Waals surface area (Å²) in [4.78, 5) is 3.61. The fourth-order valence-electron chi connectivity index (χ4n) is 0.717. The molecule has 0 saturated carbocycles. The monoisotopic (exact) mass is 211 g/mol. The molecule has 0 aliphatic carbocycles. The quantitative estimate of drug-likeness (QED) is 0.713. The smallest absolute Gasteiger partial charge is 0.404 e. The first-order chi connectivity index (χ1) is 5.88. The molecule has 0 fully saturated rings.